The molecule has 0 aromatic heterocycles. The van der Waals surface area contributed by atoms with Crippen LogP contribution in [-0.4, -0.2) is 15.4 Å². The van der Waals surface area contributed by atoms with E-state index in [0.29, 0.717) is 0 Å². The quantitative estimate of drug-likeness (QED) is 0.232. The summed E-state index contributed by atoms with van der Waals surface area (Å²) in [5.41, 5.74) is 4.14. The molecule has 1 aliphatic heterocycles. The first-order valence-corrected chi connectivity index (χ1v) is 17.0. The van der Waals surface area contributed by atoms with Gasteiger partial charge in [-0.15, -0.1) is 0 Å². The van der Waals surface area contributed by atoms with E-state index in [2.05, 4.69) is 55.5 Å². The zero-order valence-corrected chi connectivity index (χ0v) is 23.1. The molecule has 34 heavy (non-hydrogen) atoms. The lowest BCUT2D eigenvalue weighted by molar-refractivity contribution is 0.280. The highest BCUT2D eigenvalue weighted by Crippen LogP contribution is 2.40. The second kappa shape index (κ2) is 13.5. The Labute approximate surface area is 211 Å². The molecule has 0 spiro atoms. The minimum absolute atomic E-state index is 0.334. The van der Waals surface area contributed by atoms with Crippen LogP contribution in [-0.2, 0) is 0 Å². The van der Waals surface area contributed by atoms with Gasteiger partial charge in [0.2, 0.25) is 0 Å². The molecule has 0 radical (unpaired) electrons. The van der Waals surface area contributed by atoms with E-state index < -0.39 is 0 Å². The molecule has 4 rings (SSSR count). The summed E-state index contributed by atoms with van der Waals surface area (Å²) in [5, 5.41) is 0. The van der Waals surface area contributed by atoms with Gasteiger partial charge in [-0.25, -0.2) is 0 Å². The first-order valence-electron chi connectivity index (χ1n) is 14.6. The summed E-state index contributed by atoms with van der Waals surface area (Å²) in [4.78, 5) is 0. The highest BCUT2D eigenvalue weighted by molar-refractivity contribution is 6.58. The lowest BCUT2D eigenvalue weighted by atomic mass is 9.76. The van der Waals surface area contributed by atoms with Crippen molar-refractivity contribution < 1.29 is 4.74 Å². The summed E-state index contributed by atoms with van der Waals surface area (Å²) in [6, 6.07) is 22.9. The van der Waals surface area contributed by atoms with Crippen molar-refractivity contribution in [1.29, 1.82) is 0 Å². The Morgan fingerprint density at radius 3 is 1.88 bits per heavy atom. The fourth-order valence-electron chi connectivity index (χ4n) is 6.61. The maximum absolute atomic E-state index is 5.58. The zero-order chi connectivity index (χ0) is 23.6. The van der Waals surface area contributed by atoms with Gasteiger partial charge in [0, 0.05) is 8.80 Å². The third kappa shape index (κ3) is 7.48. The van der Waals surface area contributed by atoms with Gasteiger partial charge in [0.1, 0.15) is 5.75 Å². The van der Waals surface area contributed by atoms with Crippen LogP contribution in [0.4, 0.5) is 0 Å². The van der Waals surface area contributed by atoms with Crippen molar-refractivity contribution >= 4 is 8.80 Å². The van der Waals surface area contributed by atoms with Crippen LogP contribution in [0.3, 0.4) is 0 Å². The number of hydrogen-bond donors (Lipinski definition) is 0. The Bertz CT molecular complexity index is 811. The average Bonchev–Trinajstić information content (AvgIpc) is 2.89. The van der Waals surface area contributed by atoms with Crippen molar-refractivity contribution in [3.63, 3.8) is 0 Å². The Kier molecular flexibility index (Phi) is 10.2. The summed E-state index contributed by atoms with van der Waals surface area (Å²) in [6.45, 7) is 5.09. The molecule has 2 aromatic carbocycles. The molecule has 2 fully saturated rings. The van der Waals surface area contributed by atoms with Crippen LogP contribution in [0.2, 0.25) is 18.1 Å². The molecule has 0 atom stereocenters. The summed E-state index contributed by atoms with van der Waals surface area (Å²) in [6.07, 6.45) is 16.3. The number of rotatable bonds is 11. The van der Waals surface area contributed by atoms with Gasteiger partial charge in [0.25, 0.3) is 0 Å². The minimum Gasteiger partial charge on any atom is -0.494 e. The van der Waals surface area contributed by atoms with Crippen LogP contribution in [0.1, 0.15) is 96.0 Å². The van der Waals surface area contributed by atoms with E-state index in [-0.39, 0.29) is 8.80 Å². The largest absolute Gasteiger partial charge is 0.494 e. The third-order valence-electron chi connectivity index (χ3n) is 8.89. The zero-order valence-electron chi connectivity index (χ0n) is 21.9. The van der Waals surface area contributed by atoms with E-state index in [1.165, 1.54) is 68.9 Å². The van der Waals surface area contributed by atoms with Crippen molar-refractivity contribution in [2.45, 2.75) is 109 Å². The summed E-state index contributed by atoms with van der Waals surface area (Å²) in [5.74, 6) is 3.80. The van der Waals surface area contributed by atoms with Gasteiger partial charge in [-0.1, -0.05) is 106 Å². The summed E-state index contributed by atoms with van der Waals surface area (Å²) >= 11 is 0. The van der Waals surface area contributed by atoms with Crippen LogP contribution < -0.4 is 4.74 Å². The van der Waals surface area contributed by atoms with Crippen molar-refractivity contribution in [2.75, 3.05) is 6.61 Å². The van der Waals surface area contributed by atoms with Crippen molar-refractivity contribution in [3.05, 3.63) is 54.1 Å². The molecule has 0 N–H and O–H groups in total. The topological polar surface area (TPSA) is 9.23 Å². The van der Waals surface area contributed by atoms with Crippen molar-refractivity contribution in [3.8, 4) is 16.9 Å². The van der Waals surface area contributed by atoms with E-state index in [4.69, 9.17) is 4.74 Å². The maximum Gasteiger partial charge on any atom is 0.119 e. The van der Waals surface area contributed by atoms with E-state index >= 15 is 0 Å². The SMILES string of the molecule is CCCCC[SiH]1CCC(CC[C@H]2CC[C@H](c3ccc(-c4ccc(OCC)cc4)cc3)CC2)CC1. The van der Waals surface area contributed by atoms with E-state index in [1.807, 2.05) is 6.92 Å². The highest BCUT2D eigenvalue weighted by atomic mass is 28.3. The number of ether oxygens (including phenoxy) is 1. The molecular formula is C32H48OSi. The normalized spacial score (nSPS) is 25.2. The molecule has 1 nitrogen and oxygen atoms in total. The van der Waals surface area contributed by atoms with Gasteiger partial charge in [0.15, 0.2) is 0 Å². The molecule has 2 aliphatic rings. The monoisotopic (exact) mass is 476 g/mol. The fraction of sp³-hybridized carbons (Fsp3) is 0.625. The van der Waals surface area contributed by atoms with Crippen molar-refractivity contribution in [1.82, 2.24) is 0 Å². The standard InChI is InChI=1S/C32H48OSi/c1-3-5-6-23-34-24-21-27(22-25-34)8-7-26-9-11-28(12-10-26)29-13-15-30(16-14-29)31-17-19-32(20-18-31)33-4-2/h13-20,26-28,34H,3-12,21-25H2,1-2H3/t26-,27?,28-,34?. The Morgan fingerprint density at radius 2 is 1.29 bits per heavy atom. The molecule has 2 aromatic rings. The van der Waals surface area contributed by atoms with Gasteiger partial charge in [-0.2, -0.15) is 0 Å². The smallest absolute Gasteiger partial charge is 0.119 e. The molecule has 1 saturated carbocycles. The predicted molar refractivity (Wildman–Crippen MR) is 151 cm³/mol. The average molecular weight is 477 g/mol. The molecule has 2 heteroatoms. The maximum atomic E-state index is 5.58. The molecule has 1 saturated heterocycles. The van der Waals surface area contributed by atoms with E-state index in [1.54, 1.807) is 36.5 Å². The molecule has 1 heterocycles. The minimum atomic E-state index is -0.334. The molecule has 0 amide bonds. The summed E-state index contributed by atoms with van der Waals surface area (Å²) < 4.78 is 5.58. The van der Waals surface area contributed by atoms with Gasteiger partial charge in [-0.3, -0.25) is 0 Å². The first kappa shape index (κ1) is 25.5. The Hall–Kier alpha value is -1.54. The second-order valence-corrected chi connectivity index (χ2v) is 14.7. The van der Waals surface area contributed by atoms with Crippen molar-refractivity contribution in [2.24, 2.45) is 11.8 Å². The van der Waals surface area contributed by atoms with E-state index in [9.17, 15) is 0 Å². The molecule has 186 valence electrons. The Morgan fingerprint density at radius 1 is 0.706 bits per heavy atom. The van der Waals surface area contributed by atoms with Gasteiger partial charge >= 0.3 is 0 Å². The summed E-state index contributed by atoms with van der Waals surface area (Å²) in [7, 11) is -0.334. The molecular weight excluding hydrogens is 428 g/mol. The number of unbranched alkanes of at least 4 members (excludes halogenated alkanes) is 2. The first-order chi connectivity index (χ1) is 16.7. The number of hydrogen-bond acceptors (Lipinski definition) is 1. The van der Waals surface area contributed by atoms with Crippen LogP contribution in [0.25, 0.3) is 11.1 Å². The number of benzene rings is 2. The molecule has 1 aliphatic carbocycles. The van der Waals surface area contributed by atoms with E-state index in [0.717, 1.165) is 30.1 Å². The van der Waals surface area contributed by atoms with Gasteiger partial charge < -0.3 is 4.74 Å². The fourth-order valence-corrected chi connectivity index (χ4v) is 10.2. The highest BCUT2D eigenvalue weighted by Gasteiger charge is 2.25. The Balaban J connectivity index is 1.16. The lowest BCUT2D eigenvalue weighted by Gasteiger charge is -2.32. The van der Waals surface area contributed by atoms with Gasteiger partial charge in [0.05, 0.1) is 6.61 Å². The second-order valence-electron chi connectivity index (χ2n) is 11.3. The van der Waals surface area contributed by atoms with Gasteiger partial charge in [-0.05, 0) is 79.2 Å². The third-order valence-corrected chi connectivity index (χ3v) is 12.4. The predicted octanol–water partition coefficient (Wildman–Crippen LogP) is 9.63. The van der Waals surface area contributed by atoms with Crippen LogP contribution >= 0.6 is 0 Å². The van der Waals surface area contributed by atoms with Crippen LogP contribution in [0.15, 0.2) is 48.5 Å². The molecule has 0 unspecified atom stereocenters. The molecule has 0 bridgehead atoms. The van der Waals surface area contributed by atoms with Crippen LogP contribution in [0, 0.1) is 11.8 Å². The lowest BCUT2D eigenvalue weighted by Crippen LogP contribution is -2.22. The van der Waals surface area contributed by atoms with Crippen LogP contribution in [0.5, 0.6) is 5.75 Å².